The van der Waals surface area contributed by atoms with Crippen molar-refractivity contribution in [1.29, 1.82) is 0 Å². The summed E-state index contributed by atoms with van der Waals surface area (Å²) < 4.78 is 5.17. The average Bonchev–Trinajstić information content (AvgIpc) is 2.32. The van der Waals surface area contributed by atoms with E-state index in [2.05, 4.69) is 10.2 Å². The van der Waals surface area contributed by atoms with Crippen molar-refractivity contribution in [2.45, 2.75) is 6.92 Å². The first-order valence-electron chi connectivity index (χ1n) is 5.12. The van der Waals surface area contributed by atoms with E-state index >= 15 is 0 Å². The van der Waals surface area contributed by atoms with E-state index in [4.69, 9.17) is 10.5 Å². The minimum Gasteiger partial charge on any atom is -0.496 e. The van der Waals surface area contributed by atoms with Crippen molar-refractivity contribution in [2.24, 2.45) is 0 Å². The summed E-state index contributed by atoms with van der Waals surface area (Å²) in [6.07, 6.45) is 0. The number of nitrogens with zero attached hydrogens (tertiary/aromatic N) is 1. The van der Waals surface area contributed by atoms with Crippen molar-refractivity contribution in [3.05, 3.63) is 40.2 Å². The maximum Gasteiger partial charge on any atom is 0.272 e. The van der Waals surface area contributed by atoms with Crippen LogP contribution in [0.1, 0.15) is 5.56 Å². The topological polar surface area (TPSA) is 81.0 Å². The summed E-state index contributed by atoms with van der Waals surface area (Å²) >= 11 is 0. The number of H-pyrrole nitrogens is 1. The van der Waals surface area contributed by atoms with Crippen molar-refractivity contribution >= 4 is 5.82 Å². The number of rotatable bonds is 2. The van der Waals surface area contributed by atoms with E-state index in [-0.39, 0.29) is 11.4 Å². The van der Waals surface area contributed by atoms with Crippen LogP contribution < -0.4 is 16.0 Å². The molecule has 2 rings (SSSR count). The summed E-state index contributed by atoms with van der Waals surface area (Å²) in [4.78, 5) is 11.6. The van der Waals surface area contributed by atoms with Crippen LogP contribution in [0.2, 0.25) is 0 Å². The van der Waals surface area contributed by atoms with Crippen molar-refractivity contribution in [1.82, 2.24) is 10.2 Å². The number of aromatic nitrogens is 2. The minimum atomic E-state index is -0.260. The second kappa shape index (κ2) is 4.29. The number of hydrogen-bond acceptors (Lipinski definition) is 4. The number of nitrogen functional groups attached to an aromatic ring is 1. The Morgan fingerprint density at radius 3 is 2.76 bits per heavy atom. The molecular formula is C12H13N3O2. The zero-order chi connectivity index (χ0) is 12.4. The SMILES string of the molecule is COc1ccc(-c2cc(N)n[nH]c2=O)cc1C. The van der Waals surface area contributed by atoms with Gasteiger partial charge in [-0.25, -0.2) is 5.10 Å². The second-order valence-electron chi connectivity index (χ2n) is 3.72. The Morgan fingerprint density at radius 1 is 1.35 bits per heavy atom. The van der Waals surface area contributed by atoms with Crippen LogP contribution in [-0.4, -0.2) is 17.3 Å². The fourth-order valence-electron chi connectivity index (χ4n) is 1.68. The Kier molecular flexibility index (Phi) is 2.82. The standard InChI is InChI=1S/C12H13N3O2/c1-7-5-8(3-4-10(7)17-2)9-6-11(13)14-15-12(9)16/h3-6H,1-2H3,(H2,13,14)(H,15,16). The summed E-state index contributed by atoms with van der Waals surface area (Å²) in [5.41, 5.74) is 7.54. The fraction of sp³-hybridized carbons (Fsp3) is 0.167. The van der Waals surface area contributed by atoms with Gasteiger partial charge < -0.3 is 10.5 Å². The maximum absolute atomic E-state index is 11.6. The minimum absolute atomic E-state index is 0.260. The third-order valence-corrected chi connectivity index (χ3v) is 2.53. The number of ether oxygens (including phenoxy) is 1. The number of benzene rings is 1. The number of hydrogen-bond donors (Lipinski definition) is 2. The van der Waals surface area contributed by atoms with Gasteiger partial charge in [0.05, 0.1) is 12.7 Å². The largest absolute Gasteiger partial charge is 0.496 e. The summed E-state index contributed by atoms with van der Waals surface area (Å²) in [7, 11) is 1.61. The Labute approximate surface area is 98.2 Å². The van der Waals surface area contributed by atoms with Gasteiger partial charge >= 0.3 is 0 Å². The summed E-state index contributed by atoms with van der Waals surface area (Å²) in [6, 6.07) is 7.07. The monoisotopic (exact) mass is 231 g/mol. The number of aromatic amines is 1. The molecule has 0 fully saturated rings. The predicted molar refractivity (Wildman–Crippen MR) is 66.0 cm³/mol. The number of anilines is 1. The van der Waals surface area contributed by atoms with Gasteiger partial charge in [-0.15, -0.1) is 0 Å². The van der Waals surface area contributed by atoms with Crippen LogP contribution in [0.3, 0.4) is 0 Å². The van der Waals surface area contributed by atoms with Gasteiger partial charge in [0.25, 0.3) is 5.56 Å². The normalized spacial score (nSPS) is 10.2. The highest BCUT2D eigenvalue weighted by molar-refractivity contribution is 5.66. The zero-order valence-electron chi connectivity index (χ0n) is 9.65. The third kappa shape index (κ3) is 2.13. The van der Waals surface area contributed by atoms with Crippen LogP contribution in [0.4, 0.5) is 5.82 Å². The number of nitrogens with two attached hydrogens (primary N) is 1. The van der Waals surface area contributed by atoms with Crippen molar-refractivity contribution < 1.29 is 4.74 Å². The highest BCUT2D eigenvalue weighted by Crippen LogP contribution is 2.24. The van der Waals surface area contributed by atoms with Crippen LogP contribution in [-0.2, 0) is 0 Å². The van der Waals surface area contributed by atoms with Crippen molar-refractivity contribution in [3.8, 4) is 16.9 Å². The first kappa shape index (κ1) is 11.2. The number of methoxy groups -OCH3 is 1. The second-order valence-corrected chi connectivity index (χ2v) is 3.72. The molecule has 17 heavy (non-hydrogen) atoms. The Morgan fingerprint density at radius 2 is 2.12 bits per heavy atom. The molecule has 0 atom stereocenters. The lowest BCUT2D eigenvalue weighted by molar-refractivity contribution is 0.412. The van der Waals surface area contributed by atoms with Crippen LogP contribution in [0.25, 0.3) is 11.1 Å². The molecule has 1 heterocycles. The molecule has 1 aromatic carbocycles. The van der Waals surface area contributed by atoms with E-state index in [0.717, 1.165) is 16.9 Å². The van der Waals surface area contributed by atoms with Crippen LogP contribution >= 0.6 is 0 Å². The predicted octanol–water partition coefficient (Wildman–Crippen LogP) is 1.34. The molecule has 88 valence electrons. The first-order valence-corrected chi connectivity index (χ1v) is 5.12. The Bertz CT molecular complexity index is 605. The van der Waals surface area contributed by atoms with Gasteiger partial charge in [-0.3, -0.25) is 4.79 Å². The Hall–Kier alpha value is -2.30. The molecule has 0 unspecified atom stereocenters. The molecule has 0 aliphatic heterocycles. The van der Waals surface area contributed by atoms with Gasteiger partial charge in [-0.1, -0.05) is 6.07 Å². The van der Waals surface area contributed by atoms with E-state index in [0.29, 0.717) is 5.56 Å². The van der Waals surface area contributed by atoms with Crippen molar-refractivity contribution in [2.75, 3.05) is 12.8 Å². The number of nitrogens with one attached hydrogen (secondary N) is 1. The third-order valence-electron chi connectivity index (χ3n) is 2.53. The molecule has 0 aliphatic rings. The molecular weight excluding hydrogens is 218 g/mol. The molecule has 5 nitrogen and oxygen atoms in total. The summed E-state index contributed by atoms with van der Waals surface area (Å²) in [6.45, 7) is 1.92. The molecule has 0 saturated heterocycles. The zero-order valence-corrected chi connectivity index (χ0v) is 9.65. The van der Waals surface area contributed by atoms with Gasteiger partial charge in [0.1, 0.15) is 11.6 Å². The molecule has 0 saturated carbocycles. The van der Waals surface area contributed by atoms with Gasteiger partial charge in [-0.2, -0.15) is 5.10 Å². The molecule has 0 spiro atoms. The average molecular weight is 231 g/mol. The van der Waals surface area contributed by atoms with Gasteiger partial charge in [0.2, 0.25) is 0 Å². The molecule has 0 radical (unpaired) electrons. The lowest BCUT2D eigenvalue weighted by Crippen LogP contribution is -2.12. The van der Waals surface area contributed by atoms with E-state index in [9.17, 15) is 4.79 Å². The molecule has 3 N–H and O–H groups in total. The smallest absolute Gasteiger partial charge is 0.272 e. The molecule has 5 heteroatoms. The molecule has 1 aromatic heterocycles. The van der Waals surface area contributed by atoms with E-state index in [1.54, 1.807) is 13.2 Å². The quantitative estimate of drug-likeness (QED) is 0.817. The van der Waals surface area contributed by atoms with E-state index < -0.39 is 0 Å². The highest BCUT2D eigenvalue weighted by Gasteiger charge is 2.07. The molecule has 0 aliphatic carbocycles. The lowest BCUT2D eigenvalue weighted by atomic mass is 10.0. The van der Waals surface area contributed by atoms with Gasteiger partial charge in [0.15, 0.2) is 0 Å². The lowest BCUT2D eigenvalue weighted by Gasteiger charge is -2.07. The summed E-state index contributed by atoms with van der Waals surface area (Å²) in [5, 5.41) is 5.99. The van der Waals surface area contributed by atoms with Crippen LogP contribution in [0, 0.1) is 6.92 Å². The van der Waals surface area contributed by atoms with Crippen molar-refractivity contribution in [3.63, 3.8) is 0 Å². The molecule has 2 aromatic rings. The van der Waals surface area contributed by atoms with Crippen LogP contribution in [0.15, 0.2) is 29.1 Å². The number of aryl methyl sites for hydroxylation is 1. The van der Waals surface area contributed by atoms with Gasteiger partial charge in [-0.05, 0) is 36.2 Å². The van der Waals surface area contributed by atoms with Gasteiger partial charge in [0, 0.05) is 0 Å². The fourth-order valence-corrected chi connectivity index (χ4v) is 1.68. The van der Waals surface area contributed by atoms with E-state index in [1.165, 1.54) is 0 Å². The Balaban J connectivity index is 2.57. The van der Waals surface area contributed by atoms with Crippen LogP contribution in [0.5, 0.6) is 5.75 Å². The molecule has 0 amide bonds. The summed E-state index contributed by atoms with van der Waals surface area (Å²) in [5.74, 6) is 1.07. The highest BCUT2D eigenvalue weighted by atomic mass is 16.5. The molecule has 0 bridgehead atoms. The maximum atomic E-state index is 11.6. The van der Waals surface area contributed by atoms with E-state index in [1.807, 2.05) is 25.1 Å². The first-order chi connectivity index (χ1) is 8.11.